The van der Waals surface area contributed by atoms with Crippen molar-refractivity contribution < 1.29 is 4.79 Å². The molecule has 0 unspecified atom stereocenters. The van der Waals surface area contributed by atoms with E-state index in [9.17, 15) is 4.79 Å². The van der Waals surface area contributed by atoms with Gasteiger partial charge >= 0.3 is 0 Å². The summed E-state index contributed by atoms with van der Waals surface area (Å²) in [4.78, 5) is 26.8. The van der Waals surface area contributed by atoms with Crippen LogP contribution in [0.4, 0.5) is 11.6 Å². The molecule has 0 radical (unpaired) electrons. The fraction of sp³-hybridized carbons (Fsp3) is 0.0909. The predicted molar refractivity (Wildman–Crippen MR) is 125 cm³/mol. The van der Waals surface area contributed by atoms with Crippen LogP contribution in [0.3, 0.4) is 0 Å². The summed E-state index contributed by atoms with van der Waals surface area (Å²) in [5.41, 5.74) is 2.52. The minimum absolute atomic E-state index is 0.134. The lowest BCUT2D eigenvalue weighted by Crippen LogP contribution is -2.24. The molecule has 0 aliphatic carbocycles. The second kappa shape index (κ2) is 9.87. The molecule has 1 aromatic carbocycles. The standard InChI is InChI=1S/C22H17Cl2N5OS/c23-15-2-1-14(17(24)13-15)5-11-26-21(30)20-4-3-19(31-20)18-8-12-27-22(29-18)28-16-6-9-25-10-7-16/h1-4,6-10,12-13H,5,11H2,(H,26,30)(H,25,27,28,29). The molecule has 156 valence electrons. The van der Waals surface area contributed by atoms with Crippen molar-refractivity contribution in [3.63, 3.8) is 0 Å². The van der Waals surface area contributed by atoms with Crippen LogP contribution >= 0.6 is 34.5 Å². The summed E-state index contributed by atoms with van der Waals surface area (Å²) in [5, 5.41) is 7.25. The Labute approximate surface area is 193 Å². The number of rotatable bonds is 7. The maximum atomic E-state index is 12.5. The first-order chi connectivity index (χ1) is 15.1. The highest BCUT2D eigenvalue weighted by Crippen LogP contribution is 2.27. The number of carbonyl (C=O) groups is 1. The SMILES string of the molecule is O=C(NCCc1ccc(Cl)cc1Cl)c1ccc(-c2ccnc(Nc3ccncc3)n2)s1. The van der Waals surface area contributed by atoms with Crippen molar-refractivity contribution >= 4 is 52.1 Å². The number of amides is 1. The zero-order valence-electron chi connectivity index (χ0n) is 16.2. The van der Waals surface area contributed by atoms with Crippen molar-refractivity contribution in [1.29, 1.82) is 0 Å². The van der Waals surface area contributed by atoms with Crippen molar-refractivity contribution in [2.75, 3.05) is 11.9 Å². The highest BCUT2D eigenvalue weighted by atomic mass is 35.5. The second-order valence-electron chi connectivity index (χ2n) is 6.53. The Balaban J connectivity index is 1.38. The molecular formula is C22H17Cl2N5OS. The minimum Gasteiger partial charge on any atom is -0.351 e. The van der Waals surface area contributed by atoms with Crippen LogP contribution in [-0.4, -0.2) is 27.4 Å². The molecule has 3 heterocycles. The third-order valence-electron chi connectivity index (χ3n) is 4.37. The fourth-order valence-electron chi connectivity index (χ4n) is 2.84. The molecule has 0 saturated heterocycles. The molecule has 4 rings (SSSR count). The summed E-state index contributed by atoms with van der Waals surface area (Å²) in [7, 11) is 0. The molecule has 0 aliphatic rings. The van der Waals surface area contributed by atoms with Gasteiger partial charge in [0.25, 0.3) is 5.91 Å². The van der Waals surface area contributed by atoms with E-state index in [0.717, 1.165) is 21.8 Å². The Morgan fingerprint density at radius 2 is 1.84 bits per heavy atom. The first-order valence-corrected chi connectivity index (χ1v) is 11.0. The van der Waals surface area contributed by atoms with Gasteiger partial charge in [-0.15, -0.1) is 11.3 Å². The molecular weight excluding hydrogens is 453 g/mol. The van der Waals surface area contributed by atoms with E-state index in [1.807, 2.05) is 30.3 Å². The lowest BCUT2D eigenvalue weighted by Gasteiger charge is -2.06. The lowest BCUT2D eigenvalue weighted by atomic mass is 10.1. The number of hydrogen-bond acceptors (Lipinski definition) is 6. The van der Waals surface area contributed by atoms with Crippen LogP contribution in [0.15, 0.2) is 67.1 Å². The van der Waals surface area contributed by atoms with Crippen molar-refractivity contribution in [3.05, 3.63) is 87.6 Å². The molecule has 31 heavy (non-hydrogen) atoms. The summed E-state index contributed by atoms with van der Waals surface area (Å²) in [6.45, 7) is 0.473. The predicted octanol–water partition coefficient (Wildman–Crippen LogP) is 5.62. The number of thiophene rings is 1. The van der Waals surface area contributed by atoms with Gasteiger partial charge in [-0.25, -0.2) is 9.97 Å². The fourth-order valence-corrected chi connectivity index (χ4v) is 4.24. The van der Waals surface area contributed by atoms with E-state index in [1.165, 1.54) is 11.3 Å². The van der Waals surface area contributed by atoms with Crippen molar-refractivity contribution in [2.24, 2.45) is 0 Å². The van der Waals surface area contributed by atoms with Crippen LogP contribution in [0.2, 0.25) is 10.0 Å². The first kappa shape index (κ1) is 21.2. The lowest BCUT2D eigenvalue weighted by molar-refractivity contribution is 0.0958. The largest absolute Gasteiger partial charge is 0.351 e. The molecule has 9 heteroatoms. The number of hydrogen-bond donors (Lipinski definition) is 2. The summed E-state index contributed by atoms with van der Waals surface area (Å²) in [5.74, 6) is 0.341. The Kier molecular flexibility index (Phi) is 6.76. The van der Waals surface area contributed by atoms with Crippen molar-refractivity contribution in [2.45, 2.75) is 6.42 Å². The zero-order valence-corrected chi connectivity index (χ0v) is 18.5. The quantitative estimate of drug-likeness (QED) is 0.366. The van der Waals surface area contributed by atoms with Gasteiger partial charge < -0.3 is 10.6 Å². The summed E-state index contributed by atoms with van der Waals surface area (Å²) >= 11 is 13.5. The van der Waals surface area contributed by atoms with E-state index in [-0.39, 0.29) is 5.91 Å². The Morgan fingerprint density at radius 1 is 1.00 bits per heavy atom. The van der Waals surface area contributed by atoms with Gasteiger partial charge in [-0.05, 0) is 54.4 Å². The summed E-state index contributed by atoms with van der Waals surface area (Å²) < 4.78 is 0. The Bertz CT molecular complexity index is 1200. The van der Waals surface area contributed by atoms with E-state index >= 15 is 0 Å². The van der Waals surface area contributed by atoms with E-state index in [2.05, 4.69) is 25.6 Å². The molecule has 0 atom stereocenters. The van der Waals surface area contributed by atoms with Gasteiger partial charge in [-0.3, -0.25) is 9.78 Å². The highest BCUT2D eigenvalue weighted by molar-refractivity contribution is 7.17. The van der Waals surface area contributed by atoms with Gasteiger partial charge in [0.1, 0.15) is 0 Å². The van der Waals surface area contributed by atoms with Crippen LogP contribution in [0, 0.1) is 0 Å². The van der Waals surface area contributed by atoms with Gasteiger partial charge in [0, 0.05) is 40.9 Å². The van der Waals surface area contributed by atoms with E-state index < -0.39 is 0 Å². The number of benzene rings is 1. The Morgan fingerprint density at radius 3 is 2.65 bits per heavy atom. The molecule has 0 bridgehead atoms. The number of pyridine rings is 1. The highest BCUT2D eigenvalue weighted by Gasteiger charge is 2.12. The number of aromatic nitrogens is 3. The van der Waals surface area contributed by atoms with Crippen LogP contribution in [0.5, 0.6) is 0 Å². The Hall–Kier alpha value is -3.00. The number of anilines is 2. The maximum Gasteiger partial charge on any atom is 0.261 e. The maximum absolute atomic E-state index is 12.5. The summed E-state index contributed by atoms with van der Waals surface area (Å²) in [6.07, 6.45) is 5.69. The third kappa shape index (κ3) is 5.58. The van der Waals surface area contributed by atoms with E-state index in [4.69, 9.17) is 23.2 Å². The number of nitrogens with one attached hydrogen (secondary N) is 2. The monoisotopic (exact) mass is 469 g/mol. The van der Waals surface area contributed by atoms with Gasteiger partial charge in [0.2, 0.25) is 5.95 Å². The molecule has 3 aromatic heterocycles. The number of carbonyl (C=O) groups excluding carboxylic acids is 1. The van der Waals surface area contributed by atoms with Gasteiger partial charge in [-0.2, -0.15) is 0 Å². The van der Waals surface area contributed by atoms with Crippen LogP contribution in [0.25, 0.3) is 10.6 Å². The molecule has 4 aromatic rings. The molecule has 6 nitrogen and oxygen atoms in total. The molecule has 1 amide bonds. The van der Waals surface area contributed by atoms with Gasteiger partial charge in [0.05, 0.1) is 15.4 Å². The molecule has 0 spiro atoms. The van der Waals surface area contributed by atoms with E-state index in [0.29, 0.717) is 33.8 Å². The molecule has 0 aliphatic heterocycles. The average Bonchev–Trinajstić information content (AvgIpc) is 3.27. The second-order valence-corrected chi connectivity index (χ2v) is 8.46. The number of halogens is 2. The van der Waals surface area contributed by atoms with Crippen LogP contribution in [-0.2, 0) is 6.42 Å². The topological polar surface area (TPSA) is 79.8 Å². The van der Waals surface area contributed by atoms with Gasteiger partial charge in [0.15, 0.2) is 0 Å². The van der Waals surface area contributed by atoms with Crippen molar-refractivity contribution in [1.82, 2.24) is 20.3 Å². The first-order valence-electron chi connectivity index (χ1n) is 9.41. The van der Waals surface area contributed by atoms with Crippen molar-refractivity contribution in [3.8, 4) is 10.6 Å². The molecule has 0 fully saturated rings. The minimum atomic E-state index is -0.134. The molecule has 2 N–H and O–H groups in total. The normalized spacial score (nSPS) is 10.6. The third-order valence-corrected chi connectivity index (χ3v) is 6.06. The summed E-state index contributed by atoms with van der Waals surface area (Å²) in [6, 6.07) is 14.5. The van der Waals surface area contributed by atoms with E-state index in [1.54, 1.807) is 36.8 Å². The zero-order chi connectivity index (χ0) is 21.6. The van der Waals surface area contributed by atoms with Crippen LogP contribution < -0.4 is 10.6 Å². The molecule has 0 saturated carbocycles. The average molecular weight is 470 g/mol. The number of nitrogens with zero attached hydrogens (tertiary/aromatic N) is 3. The van der Waals surface area contributed by atoms with Crippen LogP contribution in [0.1, 0.15) is 15.2 Å². The smallest absolute Gasteiger partial charge is 0.261 e. The van der Waals surface area contributed by atoms with Gasteiger partial charge in [-0.1, -0.05) is 29.3 Å².